The van der Waals surface area contributed by atoms with Gasteiger partial charge in [0.25, 0.3) is 0 Å². The fourth-order valence-electron chi connectivity index (χ4n) is 2.92. The predicted octanol–water partition coefficient (Wildman–Crippen LogP) is 1.89. The molecule has 0 radical (unpaired) electrons. The Bertz CT molecular complexity index is 493. The van der Waals surface area contributed by atoms with Gasteiger partial charge in [-0.2, -0.15) is 0 Å². The normalized spacial score (nSPS) is 26.6. The maximum absolute atomic E-state index is 13.3. The fraction of sp³-hybridized carbons (Fsp3) is 0.500. The second kappa shape index (κ2) is 4.90. The molecule has 0 spiro atoms. The molecule has 0 amide bonds. The van der Waals surface area contributed by atoms with E-state index in [2.05, 4.69) is 4.90 Å². The van der Waals surface area contributed by atoms with Gasteiger partial charge in [0.05, 0.1) is 17.8 Å². The Hall–Kier alpha value is -1.46. The predicted molar refractivity (Wildman–Crippen MR) is 66.5 cm³/mol. The van der Waals surface area contributed by atoms with E-state index in [0.717, 1.165) is 31.5 Å². The number of likely N-dealkylation sites (tertiary alicyclic amines) is 1. The van der Waals surface area contributed by atoms with Crippen molar-refractivity contribution in [2.24, 2.45) is 0 Å². The lowest BCUT2D eigenvalue weighted by Gasteiger charge is -2.32. The Balaban J connectivity index is 1.73. The summed E-state index contributed by atoms with van der Waals surface area (Å²) in [4.78, 5) is 13.2. The van der Waals surface area contributed by atoms with E-state index in [1.54, 1.807) is 6.07 Å². The molecule has 2 heterocycles. The molecular weight excluding hydrogens is 249 g/mol. The minimum Gasteiger partial charge on any atom is -0.478 e. The molecule has 2 unspecified atom stereocenters. The highest BCUT2D eigenvalue weighted by atomic mass is 19.1. The Morgan fingerprint density at radius 2 is 2.05 bits per heavy atom. The van der Waals surface area contributed by atoms with Gasteiger partial charge in [0.15, 0.2) is 0 Å². The molecule has 4 nitrogen and oxygen atoms in total. The minimum atomic E-state index is -1.22. The Kier molecular flexibility index (Phi) is 3.24. The first kappa shape index (κ1) is 12.6. The summed E-state index contributed by atoms with van der Waals surface area (Å²) in [6.45, 7) is 2.39. The van der Waals surface area contributed by atoms with Crippen LogP contribution in [0.5, 0.6) is 0 Å². The highest BCUT2D eigenvalue weighted by Crippen LogP contribution is 2.27. The first-order valence-corrected chi connectivity index (χ1v) is 6.51. The van der Waals surface area contributed by atoms with Crippen molar-refractivity contribution < 1.29 is 19.0 Å². The quantitative estimate of drug-likeness (QED) is 0.906. The number of rotatable bonds is 3. The summed E-state index contributed by atoms with van der Waals surface area (Å²) < 4.78 is 19.1. The molecule has 19 heavy (non-hydrogen) atoms. The van der Waals surface area contributed by atoms with E-state index >= 15 is 0 Å². The largest absolute Gasteiger partial charge is 0.478 e. The molecular formula is C14H16FNO3. The van der Waals surface area contributed by atoms with Gasteiger partial charge >= 0.3 is 5.97 Å². The standard InChI is InChI=1S/C14H16FNO3/c15-13-4-1-9(5-12(13)14(17)18)6-16-7-10-2-3-11(8-16)19-10/h1,4-5,10-11H,2-3,6-8H2,(H,17,18). The van der Waals surface area contributed by atoms with Gasteiger partial charge in [0, 0.05) is 19.6 Å². The summed E-state index contributed by atoms with van der Waals surface area (Å²) in [7, 11) is 0. The number of hydrogen-bond acceptors (Lipinski definition) is 3. The van der Waals surface area contributed by atoms with Crippen LogP contribution in [-0.4, -0.2) is 41.3 Å². The number of aromatic carboxylic acids is 1. The van der Waals surface area contributed by atoms with Crippen molar-refractivity contribution in [3.63, 3.8) is 0 Å². The second-order valence-corrected chi connectivity index (χ2v) is 5.27. The van der Waals surface area contributed by atoms with Crippen LogP contribution in [0.1, 0.15) is 28.8 Å². The van der Waals surface area contributed by atoms with Gasteiger partial charge in [-0.15, -0.1) is 0 Å². The van der Waals surface area contributed by atoms with Gasteiger partial charge in [-0.1, -0.05) is 6.07 Å². The number of nitrogens with zero attached hydrogens (tertiary/aromatic N) is 1. The van der Waals surface area contributed by atoms with Crippen molar-refractivity contribution in [3.05, 3.63) is 35.1 Å². The number of benzene rings is 1. The number of hydrogen-bond donors (Lipinski definition) is 1. The molecule has 2 bridgehead atoms. The molecule has 2 aliphatic rings. The monoisotopic (exact) mass is 265 g/mol. The Labute approximate surface area is 110 Å². The number of carboxylic acids is 1. The molecule has 1 aromatic carbocycles. The summed E-state index contributed by atoms with van der Waals surface area (Å²) in [6, 6.07) is 4.31. The average molecular weight is 265 g/mol. The second-order valence-electron chi connectivity index (χ2n) is 5.27. The summed E-state index contributed by atoms with van der Waals surface area (Å²) >= 11 is 0. The van der Waals surface area contributed by atoms with E-state index in [0.29, 0.717) is 18.8 Å². The van der Waals surface area contributed by atoms with Gasteiger partial charge in [-0.3, -0.25) is 4.90 Å². The van der Waals surface area contributed by atoms with Crippen molar-refractivity contribution in [3.8, 4) is 0 Å². The van der Waals surface area contributed by atoms with Crippen LogP contribution in [0.25, 0.3) is 0 Å². The van der Waals surface area contributed by atoms with Crippen LogP contribution >= 0.6 is 0 Å². The molecule has 0 saturated carbocycles. The number of fused-ring (bicyclic) bond motifs is 2. The minimum absolute atomic E-state index is 0.256. The first-order chi connectivity index (χ1) is 9.11. The molecule has 0 aromatic heterocycles. The Morgan fingerprint density at radius 3 is 2.68 bits per heavy atom. The zero-order chi connectivity index (χ0) is 13.4. The smallest absolute Gasteiger partial charge is 0.338 e. The van der Waals surface area contributed by atoms with Crippen LogP contribution in [0.4, 0.5) is 4.39 Å². The van der Waals surface area contributed by atoms with Crippen LogP contribution < -0.4 is 0 Å². The fourth-order valence-corrected chi connectivity index (χ4v) is 2.92. The summed E-state index contributed by atoms with van der Waals surface area (Å²) in [5.74, 6) is -1.90. The average Bonchev–Trinajstić information content (AvgIpc) is 2.71. The molecule has 0 aliphatic carbocycles. The number of halogens is 1. The van der Waals surface area contributed by atoms with E-state index in [9.17, 15) is 9.18 Å². The number of carboxylic acid groups (broad SMARTS) is 1. The maximum atomic E-state index is 13.3. The molecule has 102 valence electrons. The van der Waals surface area contributed by atoms with E-state index in [1.165, 1.54) is 12.1 Å². The van der Waals surface area contributed by atoms with E-state index in [1.807, 2.05) is 0 Å². The summed E-state index contributed by atoms with van der Waals surface area (Å²) in [6.07, 6.45) is 2.81. The van der Waals surface area contributed by atoms with Crippen LogP contribution in [0.2, 0.25) is 0 Å². The lowest BCUT2D eigenvalue weighted by atomic mass is 10.1. The topological polar surface area (TPSA) is 49.8 Å². The van der Waals surface area contributed by atoms with Crippen LogP contribution in [0.3, 0.4) is 0 Å². The SMILES string of the molecule is O=C(O)c1cc(CN2CC3CCC(C2)O3)ccc1F. The molecule has 2 aliphatic heterocycles. The van der Waals surface area contributed by atoms with Gasteiger partial charge in [0.1, 0.15) is 5.82 Å². The number of morpholine rings is 1. The zero-order valence-corrected chi connectivity index (χ0v) is 10.5. The highest BCUT2D eigenvalue weighted by molar-refractivity contribution is 5.88. The molecule has 3 rings (SSSR count). The van der Waals surface area contributed by atoms with Crippen molar-refractivity contribution in [2.75, 3.05) is 13.1 Å². The summed E-state index contributed by atoms with van der Waals surface area (Å²) in [5.41, 5.74) is 0.578. The highest BCUT2D eigenvalue weighted by Gasteiger charge is 2.33. The van der Waals surface area contributed by atoms with Crippen molar-refractivity contribution >= 4 is 5.97 Å². The first-order valence-electron chi connectivity index (χ1n) is 6.51. The van der Waals surface area contributed by atoms with E-state index in [4.69, 9.17) is 9.84 Å². The summed E-state index contributed by atoms with van der Waals surface area (Å²) in [5, 5.41) is 8.92. The lowest BCUT2D eigenvalue weighted by molar-refractivity contribution is -0.0410. The number of carbonyl (C=O) groups is 1. The van der Waals surface area contributed by atoms with E-state index < -0.39 is 11.8 Å². The Morgan fingerprint density at radius 1 is 1.37 bits per heavy atom. The molecule has 2 saturated heterocycles. The molecule has 2 atom stereocenters. The van der Waals surface area contributed by atoms with E-state index in [-0.39, 0.29) is 5.56 Å². The van der Waals surface area contributed by atoms with Crippen LogP contribution in [0, 0.1) is 5.82 Å². The van der Waals surface area contributed by atoms with Crippen molar-refractivity contribution in [1.82, 2.24) is 4.90 Å². The van der Waals surface area contributed by atoms with Gasteiger partial charge in [0.2, 0.25) is 0 Å². The number of ether oxygens (including phenoxy) is 1. The van der Waals surface area contributed by atoms with Crippen LogP contribution in [-0.2, 0) is 11.3 Å². The molecule has 5 heteroatoms. The lowest BCUT2D eigenvalue weighted by Crippen LogP contribution is -2.41. The van der Waals surface area contributed by atoms with Crippen molar-refractivity contribution in [1.29, 1.82) is 0 Å². The third-order valence-corrected chi connectivity index (χ3v) is 3.79. The molecule has 1 aromatic rings. The van der Waals surface area contributed by atoms with Gasteiger partial charge in [-0.05, 0) is 30.5 Å². The zero-order valence-electron chi connectivity index (χ0n) is 10.5. The molecule has 1 N–H and O–H groups in total. The maximum Gasteiger partial charge on any atom is 0.338 e. The van der Waals surface area contributed by atoms with Gasteiger partial charge < -0.3 is 9.84 Å². The van der Waals surface area contributed by atoms with Crippen LogP contribution in [0.15, 0.2) is 18.2 Å². The molecule has 2 fully saturated rings. The third kappa shape index (κ3) is 2.62. The van der Waals surface area contributed by atoms with Crippen molar-refractivity contribution in [2.45, 2.75) is 31.6 Å². The van der Waals surface area contributed by atoms with Gasteiger partial charge in [-0.25, -0.2) is 9.18 Å². The third-order valence-electron chi connectivity index (χ3n) is 3.79.